The van der Waals surface area contributed by atoms with Crippen molar-refractivity contribution in [2.75, 3.05) is 0 Å². The van der Waals surface area contributed by atoms with E-state index in [9.17, 15) is 4.57 Å². The third kappa shape index (κ3) is 3.41. The summed E-state index contributed by atoms with van der Waals surface area (Å²) in [6.07, 6.45) is 2.00. The van der Waals surface area contributed by atoms with E-state index in [0.29, 0.717) is 0 Å². The Kier molecular flexibility index (Phi) is 5.02. The average molecular weight is 496 g/mol. The van der Waals surface area contributed by atoms with Gasteiger partial charge in [0.1, 0.15) is 11.2 Å². The topological polar surface area (TPSA) is 47.3 Å². The summed E-state index contributed by atoms with van der Waals surface area (Å²) in [6, 6.07) is 41.8. The van der Waals surface area contributed by atoms with Gasteiger partial charge in [0.05, 0.1) is 5.69 Å². The standard InChI is InChI=1S/C32H22N3OP/c36-37(24-11-3-1-4-12-24,25-13-5-2-6-14-25)26-20-18-23(19-21-26)30-27-15-7-8-16-28(27)31-32(34-30)35-22-10-9-17-29(35)33-31/h1-22H. The van der Waals surface area contributed by atoms with Crippen LogP contribution in [0.4, 0.5) is 0 Å². The second-order valence-corrected chi connectivity index (χ2v) is 11.8. The van der Waals surface area contributed by atoms with Gasteiger partial charge < -0.3 is 4.57 Å². The highest BCUT2D eigenvalue weighted by Gasteiger charge is 2.29. The van der Waals surface area contributed by atoms with Crippen molar-refractivity contribution in [3.8, 4) is 11.3 Å². The Labute approximate surface area is 214 Å². The molecule has 0 aliphatic rings. The van der Waals surface area contributed by atoms with Gasteiger partial charge in [0, 0.05) is 38.4 Å². The number of aromatic nitrogens is 3. The molecule has 0 radical (unpaired) electrons. The van der Waals surface area contributed by atoms with Crippen molar-refractivity contribution in [2.24, 2.45) is 0 Å². The van der Waals surface area contributed by atoms with E-state index in [0.717, 1.165) is 54.8 Å². The lowest BCUT2D eigenvalue weighted by atomic mass is 10.0. The number of rotatable bonds is 4. The molecule has 0 fully saturated rings. The predicted molar refractivity (Wildman–Crippen MR) is 153 cm³/mol. The predicted octanol–water partition coefficient (Wildman–Crippen LogP) is 6.34. The first kappa shape index (κ1) is 21.7. The SMILES string of the molecule is O=P(c1ccccc1)(c1ccccc1)c1ccc(-c2nc3c(nc4ccccn43)c3ccccc23)cc1. The highest BCUT2D eigenvalue weighted by atomic mass is 31.2. The Morgan fingerprint density at radius 3 is 1.78 bits per heavy atom. The number of nitrogens with zero attached hydrogens (tertiary/aromatic N) is 3. The first-order valence-corrected chi connectivity index (χ1v) is 13.9. The molecule has 4 nitrogen and oxygen atoms in total. The molecule has 3 heterocycles. The molecule has 7 rings (SSSR count). The van der Waals surface area contributed by atoms with Gasteiger partial charge in [-0.1, -0.05) is 115 Å². The number of benzene rings is 4. The maximum atomic E-state index is 14.7. The lowest BCUT2D eigenvalue weighted by Crippen LogP contribution is -2.24. The fraction of sp³-hybridized carbons (Fsp3) is 0. The van der Waals surface area contributed by atoms with Crippen molar-refractivity contribution < 1.29 is 4.57 Å². The van der Waals surface area contributed by atoms with Crippen LogP contribution in [0.5, 0.6) is 0 Å². The minimum absolute atomic E-state index is 0.800. The molecule has 0 spiro atoms. The van der Waals surface area contributed by atoms with Crippen molar-refractivity contribution in [1.82, 2.24) is 14.4 Å². The third-order valence-electron chi connectivity index (χ3n) is 6.90. The van der Waals surface area contributed by atoms with Crippen molar-refractivity contribution >= 4 is 50.6 Å². The van der Waals surface area contributed by atoms with Gasteiger partial charge in [-0.2, -0.15) is 0 Å². The van der Waals surface area contributed by atoms with E-state index in [-0.39, 0.29) is 0 Å². The molecule has 4 aromatic carbocycles. The monoisotopic (exact) mass is 495 g/mol. The molecule has 3 aromatic heterocycles. The second kappa shape index (κ2) is 8.55. The van der Waals surface area contributed by atoms with Crippen LogP contribution in [0.15, 0.2) is 134 Å². The van der Waals surface area contributed by atoms with Gasteiger partial charge in [-0.15, -0.1) is 0 Å². The zero-order valence-electron chi connectivity index (χ0n) is 19.9. The van der Waals surface area contributed by atoms with Crippen LogP contribution in [-0.4, -0.2) is 14.4 Å². The van der Waals surface area contributed by atoms with Crippen molar-refractivity contribution in [3.05, 3.63) is 134 Å². The first-order chi connectivity index (χ1) is 18.2. The van der Waals surface area contributed by atoms with E-state index in [1.165, 1.54) is 0 Å². The zero-order chi connectivity index (χ0) is 24.8. The normalized spacial score (nSPS) is 11.9. The number of hydrogen-bond donors (Lipinski definition) is 0. The highest BCUT2D eigenvalue weighted by Crippen LogP contribution is 2.43. The molecule has 0 unspecified atom stereocenters. The summed E-state index contributed by atoms with van der Waals surface area (Å²) in [5.74, 6) is 0. The molecule has 0 atom stereocenters. The fourth-order valence-electron chi connectivity index (χ4n) is 5.11. The first-order valence-electron chi connectivity index (χ1n) is 12.2. The van der Waals surface area contributed by atoms with E-state index >= 15 is 0 Å². The lowest BCUT2D eigenvalue weighted by Gasteiger charge is -2.20. The van der Waals surface area contributed by atoms with E-state index in [1.807, 2.05) is 126 Å². The van der Waals surface area contributed by atoms with Crippen molar-refractivity contribution in [3.63, 3.8) is 0 Å². The van der Waals surface area contributed by atoms with Gasteiger partial charge in [-0.25, -0.2) is 9.97 Å². The van der Waals surface area contributed by atoms with E-state index in [2.05, 4.69) is 12.1 Å². The number of pyridine rings is 2. The Balaban J connectivity index is 1.43. The fourth-order valence-corrected chi connectivity index (χ4v) is 7.75. The van der Waals surface area contributed by atoms with Crippen LogP contribution in [0.2, 0.25) is 0 Å². The molecule has 0 bridgehead atoms. The van der Waals surface area contributed by atoms with Gasteiger partial charge >= 0.3 is 0 Å². The summed E-state index contributed by atoms with van der Waals surface area (Å²) in [4.78, 5) is 9.96. The lowest BCUT2D eigenvalue weighted by molar-refractivity contribution is 0.592. The van der Waals surface area contributed by atoms with E-state index < -0.39 is 7.14 Å². The molecule has 37 heavy (non-hydrogen) atoms. The van der Waals surface area contributed by atoms with Gasteiger partial charge in [-0.3, -0.25) is 4.40 Å². The maximum absolute atomic E-state index is 14.7. The minimum atomic E-state index is -3.03. The number of hydrogen-bond acceptors (Lipinski definition) is 3. The number of fused-ring (bicyclic) bond motifs is 5. The second-order valence-electron chi connectivity index (χ2n) is 9.05. The van der Waals surface area contributed by atoms with Crippen LogP contribution in [0, 0.1) is 0 Å². The van der Waals surface area contributed by atoms with Crippen LogP contribution in [0.1, 0.15) is 0 Å². The smallest absolute Gasteiger partial charge is 0.171 e. The summed E-state index contributed by atoms with van der Waals surface area (Å²) < 4.78 is 16.8. The summed E-state index contributed by atoms with van der Waals surface area (Å²) in [7, 11) is -3.03. The van der Waals surface area contributed by atoms with Crippen LogP contribution < -0.4 is 15.9 Å². The molecular formula is C32H22N3OP. The summed E-state index contributed by atoms with van der Waals surface area (Å²) in [5, 5.41) is 4.55. The van der Waals surface area contributed by atoms with Crippen molar-refractivity contribution in [1.29, 1.82) is 0 Å². The molecule has 176 valence electrons. The minimum Gasteiger partial charge on any atom is -0.309 e. The van der Waals surface area contributed by atoms with Crippen LogP contribution in [-0.2, 0) is 4.57 Å². The molecule has 0 saturated carbocycles. The molecule has 0 aliphatic carbocycles. The molecule has 7 aromatic rings. The quantitative estimate of drug-likeness (QED) is 0.268. The van der Waals surface area contributed by atoms with Crippen molar-refractivity contribution in [2.45, 2.75) is 0 Å². The zero-order valence-corrected chi connectivity index (χ0v) is 20.8. The molecule has 0 aliphatic heterocycles. The molecule has 0 N–H and O–H groups in total. The van der Waals surface area contributed by atoms with Gasteiger partial charge in [0.25, 0.3) is 0 Å². The third-order valence-corrected chi connectivity index (χ3v) is 9.98. The molecule has 0 saturated heterocycles. The molecule has 5 heteroatoms. The summed E-state index contributed by atoms with van der Waals surface area (Å²) in [6.45, 7) is 0. The van der Waals surface area contributed by atoms with Gasteiger partial charge in [0.15, 0.2) is 12.8 Å². The Bertz CT molecular complexity index is 1900. The van der Waals surface area contributed by atoms with Crippen LogP contribution >= 0.6 is 7.14 Å². The molecular weight excluding hydrogens is 473 g/mol. The van der Waals surface area contributed by atoms with E-state index in [1.54, 1.807) is 0 Å². The maximum Gasteiger partial charge on any atom is 0.171 e. The summed E-state index contributed by atoms with van der Waals surface area (Å²) in [5.41, 5.74) is 4.44. The van der Waals surface area contributed by atoms with Crippen LogP contribution in [0.25, 0.3) is 38.8 Å². The number of imidazole rings is 1. The summed E-state index contributed by atoms with van der Waals surface area (Å²) >= 11 is 0. The Hall–Kier alpha value is -4.53. The van der Waals surface area contributed by atoms with E-state index in [4.69, 9.17) is 9.97 Å². The molecule has 0 amide bonds. The Morgan fingerprint density at radius 2 is 1.11 bits per heavy atom. The average Bonchev–Trinajstić information content (AvgIpc) is 3.36. The Morgan fingerprint density at radius 1 is 0.541 bits per heavy atom. The van der Waals surface area contributed by atoms with Gasteiger partial charge in [-0.05, 0) is 12.1 Å². The van der Waals surface area contributed by atoms with Gasteiger partial charge in [0.2, 0.25) is 0 Å². The van der Waals surface area contributed by atoms with Crippen LogP contribution in [0.3, 0.4) is 0 Å². The highest BCUT2D eigenvalue weighted by molar-refractivity contribution is 7.85. The largest absolute Gasteiger partial charge is 0.309 e.